The van der Waals surface area contributed by atoms with Gasteiger partial charge in [-0.15, -0.1) is 5.10 Å². The summed E-state index contributed by atoms with van der Waals surface area (Å²) in [6.07, 6.45) is 0. The van der Waals surface area contributed by atoms with E-state index in [9.17, 15) is 9.59 Å². The van der Waals surface area contributed by atoms with Gasteiger partial charge in [-0.2, -0.15) is 10.3 Å². The van der Waals surface area contributed by atoms with Crippen LogP contribution in [0, 0.1) is 0 Å². The Labute approximate surface area is 147 Å². The van der Waals surface area contributed by atoms with Crippen LogP contribution in [0.3, 0.4) is 0 Å². The van der Waals surface area contributed by atoms with Crippen LogP contribution in [0.5, 0.6) is 0 Å². The highest BCUT2D eigenvalue weighted by molar-refractivity contribution is 5.93. The number of aromatic amines is 1. The molecule has 0 aliphatic carbocycles. The number of hydrogen-bond donors (Lipinski definition) is 3. The summed E-state index contributed by atoms with van der Waals surface area (Å²) in [5.74, 6) is 0. The Balaban J connectivity index is 1.84. The van der Waals surface area contributed by atoms with E-state index in [2.05, 4.69) is 31.0 Å². The number of anilines is 1. The van der Waals surface area contributed by atoms with E-state index in [0.717, 1.165) is 0 Å². The van der Waals surface area contributed by atoms with Gasteiger partial charge in [-0.25, -0.2) is 14.2 Å². The van der Waals surface area contributed by atoms with Crippen molar-refractivity contribution in [1.82, 2.24) is 30.1 Å². The smallest absolute Gasteiger partial charge is 0.319 e. The minimum Gasteiger partial charge on any atom is -0.333 e. The van der Waals surface area contributed by atoms with Crippen molar-refractivity contribution in [2.45, 2.75) is 26.3 Å². The predicted octanol–water partition coefficient (Wildman–Crippen LogP) is 2.04. The van der Waals surface area contributed by atoms with Crippen molar-refractivity contribution < 1.29 is 4.79 Å². The lowest BCUT2D eigenvalue weighted by Gasteiger charge is -2.20. The van der Waals surface area contributed by atoms with Gasteiger partial charge >= 0.3 is 6.03 Å². The molecule has 0 unspecified atom stereocenters. The topological polar surface area (TPSA) is 117 Å². The molecule has 3 heterocycles. The van der Waals surface area contributed by atoms with E-state index < -0.39 is 0 Å². The number of amides is 2. The summed E-state index contributed by atoms with van der Waals surface area (Å²) in [7, 11) is 0. The highest BCUT2D eigenvalue weighted by atomic mass is 16.2. The molecule has 1 aromatic carbocycles. The van der Waals surface area contributed by atoms with Crippen molar-refractivity contribution in [3.63, 3.8) is 0 Å². The van der Waals surface area contributed by atoms with E-state index in [0.29, 0.717) is 33.4 Å². The molecule has 0 atom stereocenters. The standard InChI is InChI=1S/C17H17N7O2/c1-17(2,3)20-16(26)18-9-4-5-11-10(8-9)15(25)24-13(19-11)7-6-12-14(24)22-23-21-12/h4-8H,1-3H3,(H2,18,20,26)(H,21,22,23). The Hall–Kier alpha value is -3.49. The molecule has 3 N–H and O–H groups in total. The molecular formula is C17H17N7O2. The van der Waals surface area contributed by atoms with Crippen molar-refractivity contribution >= 4 is 39.4 Å². The number of benzene rings is 1. The number of H-pyrrole nitrogens is 1. The summed E-state index contributed by atoms with van der Waals surface area (Å²) in [6.45, 7) is 5.66. The lowest BCUT2D eigenvalue weighted by Crippen LogP contribution is -2.43. The molecule has 132 valence electrons. The van der Waals surface area contributed by atoms with Gasteiger partial charge in [0.05, 0.1) is 10.9 Å². The molecule has 9 heteroatoms. The average Bonchev–Trinajstić information content (AvgIpc) is 3.02. The second kappa shape index (κ2) is 5.51. The summed E-state index contributed by atoms with van der Waals surface area (Å²) >= 11 is 0. The first-order valence-electron chi connectivity index (χ1n) is 8.07. The van der Waals surface area contributed by atoms with Gasteiger partial charge in [-0.1, -0.05) is 0 Å². The van der Waals surface area contributed by atoms with Gasteiger partial charge in [-0.05, 0) is 51.1 Å². The Morgan fingerprint density at radius 1 is 1.12 bits per heavy atom. The number of fused-ring (bicyclic) bond motifs is 4. The molecule has 0 aliphatic rings. The van der Waals surface area contributed by atoms with Gasteiger partial charge in [0.2, 0.25) is 0 Å². The fraction of sp³-hybridized carbons (Fsp3) is 0.235. The normalized spacial score (nSPS) is 12.0. The summed E-state index contributed by atoms with van der Waals surface area (Å²) in [6, 6.07) is 8.15. The minimum atomic E-state index is -0.364. The van der Waals surface area contributed by atoms with E-state index >= 15 is 0 Å². The third-order valence-electron chi connectivity index (χ3n) is 3.80. The van der Waals surface area contributed by atoms with Gasteiger partial charge in [0, 0.05) is 11.2 Å². The van der Waals surface area contributed by atoms with Crippen LogP contribution in [0.4, 0.5) is 10.5 Å². The van der Waals surface area contributed by atoms with Crippen LogP contribution in [0.25, 0.3) is 27.7 Å². The first-order valence-corrected chi connectivity index (χ1v) is 8.07. The van der Waals surface area contributed by atoms with Crippen LogP contribution < -0.4 is 16.2 Å². The van der Waals surface area contributed by atoms with Gasteiger partial charge in [-0.3, -0.25) is 4.79 Å². The monoisotopic (exact) mass is 351 g/mol. The molecule has 3 aromatic heterocycles. The highest BCUT2D eigenvalue weighted by Crippen LogP contribution is 2.18. The Morgan fingerprint density at radius 2 is 1.88 bits per heavy atom. The van der Waals surface area contributed by atoms with Crippen LogP contribution in [-0.2, 0) is 0 Å². The Morgan fingerprint density at radius 3 is 2.65 bits per heavy atom. The molecule has 0 spiro atoms. The van der Waals surface area contributed by atoms with E-state index in [1.54, 1.807) is 30.3 Å². The van der Waals surface area contributed by atoms with Crippen molar-refractivity contribution in [3.05, 3.63) is 40.7 Å². The van der Waals surface area contributed by atoms with Crippen LogP contribution in [0.15, 0.2) is 35.1 Å². The van der Waals surface area contributed by atoms with Crippen molar-refractivity contribution in [3.8, 4) is 0 Å². The highest BCUT2D eigenvalue weighted by Gasteiger charge is 2.15. The van der Waals surface area contributed by atoms with Gasteiger partial charge in [0.25, 0.3) is 5.56 Å². The molecule has 4 aromatic rings. The molecule has 0 bridgehead atoms. The first kappa shape index (κ1) is 16.0. The SMILES string of the molecule is CC(C)(C)NC(=O)Nc1ccc2nc3ccc4n[nH]nc4n3c(=O)c2c1. The van der Waals surface area contributed by atoms with E-state index in [-0.39, 0.29) is 17.1 Å². The maximum absolute atomic E-state index is 13.0. The number of aromatic nitrogens is 5. The largest absolute Gasteiger partial charge is 0.333 e. The van der Waals surface area contributed by atoms with E-state index in [1.165, 1.54) is 4.40 Å². The number of pyridine rings is 1. The Kier molecular flexibility index (Phi) is 3.39. The maximum Gasteiger partial charge on any atom is 0.319 e. The summed E-state index contributed by atoms with van der Waals surface area (Å²) in [5.41, 5.74) is 1.87. The van der Waals surface area contributed by atoms with Crippen LogP contribution >= 0.6 is 0 Å². The number of nitrogens with one attached hydrogen (secondary N) is 3. The zero-order chi connectivity index (χ0) is 18.5. The summed E-state index contributed by atoms with van der Waals surface area (Å²) < 4.78 is 1.40. The van der Waals surface area contributed by atoms with Gasteiger partial charge in [0.1, 0.15) is 11.2 Å². The van der Waals surface area contributed by atoms with Gasteiger partial charge < -0.3 is 10.6 Å². The Bertz CT molecular complexity index is 1220. The van der Waals surface area contributed by atoms with Crippen LogP contribution in [0.1, 0.15) is 20.8 Å². The molecule has 0 fully saturated rings. The molecule has 0 radical (unpaired) electrons. The van der Waals surface area contributed by atoms with Crippen molar-refractivity contribution in [2.24, 2.45) is 0 Å². The molecule has 4 rings (SSSR count). The average molecular weight is 351 g/mol. The first-order chi connectivity index (χ1) is 12.3. The molecule has 0 aliphatic heterocycles. The second-order valence-electron chi connectivity index (χ2n) is 7.04. The summed E-state index contributed by atoms with van der Waals surface area (Å²) in [5, 5.41) is 16.5. The van der Waals surface area contributed by atoms with Crippen molar-refractivity contribution in [1.29, 1.82) is 0 Å². The molecule has 9 nitrogen and oxygen atoms in total. The molecule has 26 heavy (non-hydrogen) atoms. The lowest BCUT2D eigenvalue weighted by atomic mass is 10.1. The van der Waals surface area contributed by atoms with E-state index in [4.69, 9.17) is 0 Å². The molecule has 0 saturated carbocycles. The quantitative estimate of drug-likeness (QED) is 0.454. The zero-order valence-electron chi connectivity index (χ0n) is 14.5. The minimum absolute atomic E-state index is 0.274. The number of carbonyl (C=O) groups is 1. The second-order valence-corrected chi connectivity index (χ2v) is 7.04. The molecular weight excluding hydrogens is 334 g/mol. The summed E-state index contributed by atoms with van der Waals surface area (Å²) in [4.78, 5) is 29.5. The van der Waals surface area contributed by atoms with Crippen LogP contribution in [-0.4, -0.2) is 36.4 Å². The predicted molar refractivity (Wildman–Crippen MR) is 98.3 cm³/mol. The van der Waals surface area contributed by atoms with Gasteiger partial charge in [0.15, 0.2) is 5.65 Å². The van der Waals surface area contributed by atoms with Crippen LogP contribution in [0.2, 0.25) is 0 Å². The zero-order valence-corrected chi connectivity index (χ0v) is 14.5. The lowest BCUT2D eigenvalue weighted by molar-refractivity contribution is 0.244. The number of carbonyl (C=O) groups excluding carboxylic acids is 1. The number of hydrogen-bond acceptors (Lipinski definition) is 5. The molecule has 2 amide bonds. The third-order valence-corrected chi connectivity index (χ3v) is 3.80. The number of rotatable bonds is 1. The maximum atomic E-state index is 13.0. The third kappa shape index (κ3) is 2.73. The molecule has 0 saturated heterocycles. The number of urea groups is 1. The number of nitrogens with zero attached hydrogens (tertiary/aromatic N) is 4. The van der Waals surface area contributed by atoms with Crippen molar-refractivity contribution in [2.75, 3.05) is 5.32 Å². The van der Waals surface area contributed by atoms with E-state index in [1.807, 2.05) is 20.8 Å². The fourth-order valence-electron chi connectivity index (χ4n) is 2.76. The fourth-order valence-corrected chi connectivity index (χ4v) is 2.76.